The zero-order valence-corrected chi connectivity index (χ0v) is 7.32. The number of aromatic nitrogens is 3. The van der Waals surface area contributed by atoms with E-state index in [1.165, 1.54) is 32.1 Å². The molecule has 1 aromatic heterocycles. The van der Waals surface area contributed by atoms with Crippen molar-refractivity contribution in [3.05, 3.63) is 12.4 Å². The fraction of sp³-hybridized carbons (Fsp3) is 0.778. The smallest absolute Gasteiger partial charge is 0.0692 e. The van der Waals surface area contributed by atoms with Crippen LogP contribution in [-0.4, -0.2) is 15.0 Å². The van der Waals surface area contributed by atoms with Gasteiger partial charge in [0, 0.05) is 12.7 Å². The van der Waals surface area contributed by atoms with Crippen molar-refractivity contribution in [2.75, 3.05) is 0 Å². The van der Waals surface area contributed by atoms with Gasteiger partial charge in [-0.15, -0.1) is 5.10 Å². The van der Waals surface area contributed by atoms with E-state index in [2.05, 4.69) is 10.3 Å². The fourth-order valence-electron chi connectivity index (χ4n) is 1.96. The molecule has 0 aromatic carbocycles. The predicted octanol–water partition coefficient (Wildman–Crippen LogP) is 1.86. The van der Waals surface area contributed by atoms with Crippen molar-refractivity contribution >= 4 is 0 Å². The van der Waals surface area contributed by atoms with Crippen molar-refractivity contribution in [2.45, 2.75) is 38.6 Å². The van der Waals surface area contributed by atoms with E-state index in [9.17, 15) is 0 Å². The van der Waals surface area contributed by atoms with Gasteiger partial charge in [-0.2, -0.15) is 0 Å². The van der Waals surface area contributed by atoms with Crippen LogP contribution in [0.15, 0.2) is 12.4 Å². The molecule has 0 spiro atoms. The second-order valence-corrected chi connectivity index (χ2v) is 3.63. The van der Waals surface area contributed by atoms with Gasteiger partial charge in [-0.3, -0.25) is 4.68 Å². The first-order valence-electron chi connectivity index (χ1n) is 4.79. The van der Waals surface area contributed by atoms with Crippen LogP contribution in [0.2, 0.25) is 0 Å². The Bertz CT molecular complexity index is 212. The van der Waals surface area contributed by atoms with Crippen LogP contribution in [0.4, 0.5) is 0 Å². The van der Waals surface area contributed by atoms with Gasteiger partial charge in [0.2, 0.25) is 0 Å². The summed E-state index contributed by atoms with van der Waals surface area (Å²) >= 11 is 0. The maximum atomic E-state index is 3.98. The van der Waals surface area contributed by atoms with E-state index in [1.54, 1.807) is 6.20 Å². The van der Waals surface area contributed by atoms with Crippen molar-refractivity contribution < 1.29 is 0 Å². The Hall–Kier alpha value is -0.860. The van der Waals surface area contributed by atoms with Gasteiger partial charge in [0.1, 0.15) is 0 Å². The molecule has 0 N–H and O–H groups in total. The van der Waals surface area contributed by atoms with E-state index in [1.807, 2.05) is 10.9 Å². The number of hydrogen-bond acceptors (Lipinski definition) is 2. The molecule has 3 nitrogen and oxygen atoms in total. The summed E-state index contributed by atoms with van der Waals surface area (Å²) in [7, 11) is 0. The summed E-state index contributed by atoms with van der Waals surface area (Å²) in [5, 5.41) is 7.78. The van der Waals surface area contributed by atoms with Crippen LogP contribution in [-0.2, 0) is 6.54 Å². The van der Waals surface area contributed by atoms with E-state index < -0.39 is 0 Å². The summed E-state index contributed by atoms with van der Waals surface area (Å²) in [4.78, 5) is 0. The zero-order chi connectivity index (χ0) is 8.23. The molecule has 0 atom stereocenters. The third-order valence-electron chi connectivity index (χ3n) is 2.64. The summed E-state index contributed by atoms with van der Waals surface area (Å²) < 4.78 is 1.95. The van der Waals surface area contributed by atoms with Crippen LogP contribution in [0.25, 0.3) is 0 Å². The molecule has 66 valence electrons. The quantitative estimate of drug-likeness (QED) is 0.669. The first-order valence-corrected chi connectivity index (χ1v) is 4.79. The highest BCUT2D eigenvalue weighted by Crippen LogP contribution is 2.24. The third kappa shape index (κ3) is 1.84. The Balaban J connectivity index is 1.86. The lowest BCUT2D eigenvalue weighted by atomic mass is 9.89. The average molecular weight is 165 g/mol. The van der Waals surface area contributed by atoms with Gasteiger partial charge in [0.15, 0.2) is 0 Å². The highest BCUT2D eigenvalue weighted by atomic mass is 15.4. The molecule has 0 saturated heterocycles. The summed E-state index contributed by atoms with van der Waals surface area (Å²) in [5.74, 6) is 0.848. The summed E-state index contributed by atoms with van der Waals surface area (Å²) in [6.07, 6.45) is 10.7. The highest BCUT2D eigenvalue weighted by molar-refractivity contribution is 4.69. The van der Waals surface area contributed by atoms with Crippen molar-refractivity contribution in [3.8, 4) is 0 Å². The van der Waals surface area contributed by atoms with Gasteiger partial charge in [0.05, 0.1) is 6.20 Å². The molecule has 0 bridgehead atoms. The van der Waals surface area contributed by atoms with Gasteiger partial charge in [0.25, 0.3) is 0 Å². The molecule has 0 unspecified atom stereocenters. The van der Waals surface area contributed by atoms with E-state index in [0.717, 1.165) is 12.5 Å². The molecular formula is C9H15N3. The van der Waals surface area contributed by atoms with Crippen LogP contribution in [0.5, 0.6) is 0 Å². The molecule has 1 aliphatic carbocycles. The molecule has 0 aliphatic heterocycles. The Morgan fingerprint density at radius 2 is 2.08 bits per heavy atom. The van der Waals surface area contributed by atoms with Crippen molar-refractivity contribution in [3.63, 3.8) is 0 Å². The number of nitrogens with zero attached hydrogens (tertiary/aromatic N) is 3. The summed E-state index contributed by atoms with van der Waals surface area (Å²) in [5.41, 5.74) is 0. The van der Waals surface area contributed by atoms with Crippen LogP contribution < -0.4 is 0 Å². The molecule has 1 saturated carbocycles. The highest BCUT2D eigenvalue weighted by Gasteiger charge is 2.13. The van der Waals surface area contributed by atoms with Gasteiger partial charge < -0.3 is 0 Å². The van der Waals surface area contributed by atoms with Gasteiger partial charge >= 0.3 is 0 Å². The number of rotatable bonds is 2. The lowest BCUT2D eigenvalue weighted by Crippen LogP contribution is -2.14. The average Bonchev–Trinajstić information content (AvgIpc) is 2.59. The molecule has 12 heavy (non-hydrogen) atoms. The fourth-order valence-corrected chi connectivity index (χ4v) is 1.96. The number of hydrogen-bond donors (Lipinski definition) is 0. The molecular weight excluding hydrogens is 150 g/mol. The van der Waals surface area contributed by atoms with Crippen LogP contribution >= 0.6 is 0 Å². The minimum atomic E-state index is 0.848. The lowest BCUT2D eigenvalue weighted by molar-refractivity contribution is 0.305. The zero-order valence-electron chi connectivity index (χ0n) is 7.32. The molecule has 1 aliphatic rings. The third-order valence-corrected chi connectivity index (χ3v) is 2.64. The van der Waals surface area contributed by atoms with Gasteiger partial charge in [-0.25, -0.2) is 0 Å². The van der Waals surface area contributed by atoms with Gasteiger partial charge in [-0.1, -0.05) is 24.5 Å². The van der Waals surface area contributed by atoms with Crippen LogP contribution in [0.3, 0.4) is 0 Å². The van der Waals surface area contributed by atoms with Gasteiger partial charge in [-0.05, 0) is 18.8 Å². The SMILES string of the molecule is c1cn(CC2CCCCC2)nn1. The molecule has 1 aromatic rings. The maximum absolute atomic E-state index is 3.98. The van der Waals surface area contributed by atoms with Crippen LogP contribution in [0, 0.1) is 5.92 Å². The van der Waals surface area contributed by atoms with E-state index in [4.69, 9.17) is 0 Å². The topological polar surface area (TPSA) is 30.7 Å². The van der Waals surface area contributed by atoms with Crippen LogP contribution in [0.1, 0.15) is 32.1 Å². The summed E-state index contributed by atoms with van der Waals surface area (Å²) in [6.45, 7) is 1.07. The first kappa shape index (κ1) is 7.77. The predicted molar refractivity (Wildman–Crippen MR) is 46.6 cm³/mol. The second-order valence-electron chi connectivity index (χ2n) is 3.63. The van der Waals surface area contributed by atoms with Crippen molar-refractivity contribution in [1.29, 1.82) is 0 Å². The standard InChI is InChI=1S/C9H15N3/c1-2-4-9(5-3-1)8-12-7-6-10-11-12/h6-7,9H,1-5,8H2. The van der Waals surface area contributed by atoms with Crippen molar-refractivity contribution in [2.24, 2.45) is 5.92 Å². The molecule has 2 rings (SSSR count). The normalized spacial score (nSPS) is 19.7. The first-order chi connectivity index (χ1) is 5.95. The Labute approximate surface area is 72.8 Å². The second kappa shape index (κ2) is 3.70. The Morgan fingerprint density at radius 3 is 2.75 bits per heavy atom. The molecule has 0 amide bonds. The Morgan fingerprint density at radius 1 is 1.25 bits per heavy atom. The molecule has 1 heterocycles. The van der Waals surface area contributed by atoms with Crippen molar-refractivity contribution in [1.82, 2.24) is 15.0 Å². The minimum Gasteiger partial charge on any atom is -0.252 e. The minimum absolute atomic E-state index is 0.848. The lowest BCUT2D eigenvalue weighted by Gasteiger charge is -2.20. The molecule has 1 fully saturated rings. The summed E-state index contributed by atoms with van der Waals surface area (Å²) in [6, 6.07) is 0. The van der Waals surface area contributed by atoms with E-state index in [0.29, 0.717) is 0 Å². The largest absolute Gasteiger partial charge is 0.252 e. The Kier molecular flexibility index (Phi) is 2.39. The maximum Gasteiger partial charge on any atom is 0.0692 e. The van der Waals surface area contributed by atoms with E-state index >= 15 is 0 Å². The molecule has 3 heteroatoms. The monoisotopic (exact) mass is 165 g/mol. The molecule has 0 radical (unpaired) electrons. The van der Waals surface area contributed by atoms with E-state index in [-0.39, 0.29) is 0 Å².